The van der Waals surface area contributed by atoms with Crippen LogP contribution >= 0.6 is 0 Å². The second kappa shape index (κ2) is 6.38. The summed E-state index contributed by atoms with van der Waals surface area (Å²) in [6, 6.07) is 0. The van der Waals surface area contributed by atoms with Crippen LogP contribution < -0.4 is 5.32 Å². The number of ether oxygens (including phenoxy) is 2. The zero-order chi connectivity index (χ0) is 13.6. The molecule has 1 aliphatic rings. The lowest BCUT2D eigenvalue weighted by Crippen LogP contribution is -2.52. The molecule has 5 heteroatoms. The van der Waals surface area contributed by atoms with Crippen LogP contribution in [0.3, 0.4) is 0 Å². The Kier molecular flexibility index (Phi) is 5.41. The van der Waals surface area contributed by atoms with E-state index in [0.29, 0.717) is 6.54 Å². The third-order valence-corrected chi connectivity index (χ3v) is 3.09. The van der Waals surface area contributed by atoms with E-state index in [9.17, 15) is 4.79 Å². The van der Waals surface area contributed by atoms with Crippen LogP contribution in [0.2, 0.25) is 0 Å². The maximum atomic E-state index is 11.4. The molecule has 1 rings (SSSR count). The van der Waals surface area contributed by atoms with Crippen LogP contribution in [0, 0.1) is 0 Å². The predicted octanol–water partition coefficient (Wildman–Crippen LogP) is 1.38. The summed E-state index contributed by atoms with van der Waals surface area (Å²) in [6.45, 7) is 11.2. The average molecular weight is 259 g/mol. The second-order valence-corrected chi connectivity index (χ2v) is 6.18. The molecule has 0 bridgehead atoms. The monoisotopic (exact) mass is 259 g/mol. The Hall–Kier alpha value is -0.810. The van der Waals surface area contributed by atoms with E-state index in [2.05, 4.69) is 12.4 Å². The van der Waals surface area contributed by atoms with Gasteiger partial charge < -0.3 is 19.3 Å². The van der Waals surface area contributed by atoms with Gasteiger partial charge in [0.25, 0.3) is 0 Å². The maximum Gasteiger partial charge on any atom is 0.407 e. The van der Waals surface area contributed by atoms with Gasteiger partial charge in [-0.15, -0.1) is 0 Å². The molecular formula is C13H27N2O3+. The van der Waals surface area contributed by atoms with E-state index in [0.717, 1.165) is 43.8 Å². The molecule has 0 aliphatic carbocycles. The van der Waals surface area contributed by atoms with Crippen LogP contribution in [-0.2, 0) is 9.47 Å². The molecule has 0 atom stereocenters. The van der Waals surface area contributed by atoms with Gasteiger partial charge in [-0.05, 0) is 20.8 Å². The Morgan fingerprint density at radius 2 is 1.94 bits per heavy atom. The van der Waals surface area contributed by atoms with Gasteiger partial charge in [0, 0.05) is 13.0 Å². The van der Waals surface area contributed by atoms with Crippen LogP contribution in [0.25, 0.3) is 0 Å². The zero-order valence-electron chi connectivity index (χ0n) is 12.1. The number of carbonyl (C=O) groups excluding carboxylic acids is 1. The topological polar surface area (TPSA) is 47.6 Å². The van der Waals surface area contributed by atoms with Crippen molar-refractivity contribution in [1.29, 1.82) is 0 Å². The highest BCUT2D eigenvalue weighted by Crippen LogP contribution is 2.09. The number of nitrogens with zero attached hydrogens (tertiary/aromatic N) is 1. The van der Waals surface area contributed by atoms with Gasteiger partial charge in [0.1, 0.15) is 18.7 Å². The van der Waals surface area contributed by atoms with Crippen molar-refractivity contribution in [3.8, 4) is 0 Å². The maximum absolute atomic E-state index is 11.4. The highest BCUT2D eigenvalue weighted by molar-refractivity contribution is 5.67. The van der Waals surface area contributed by atoms with Crippen molar-refractivity contribution < 1.29 is 18.8 Å². The Morgan fingerprint density at radius 1 is 1.33 bits per heavy atom. The SMILES string of the molecule is CC(C)(C)OC(=O)NCCC[N+]1(C)CCOCC1. The molecule has 0 radical (unpaired) electrons. The number of carbonyl (C=O) groups is 1. The van der Waals surface area contributed by atoms with Gasteiger partial charge in [-0.1, -0.05) is 0 Å². The van der Waals surface area contributed by atoms with E-state index >= 15 is 0 Å². The van der Waals surface area contributed by atoms with Crippen LogP contribution in [0.5, 0.6) is 0 Å². The van der Waals surface area contributed by atoms with Gasteiger partial charge in [-0.25, -0.2) is 4.79 Å². The molecule has 1 heterocycles. The number of nitrogens with one attached hydrogen (secondary N) is 1. The molecule has 1 N–H and O–H groups in total. The molecule has 0 unspecified atom stereocenters. The molecule has 1 fully saturated rings. The number of hydrogen-bond donors (Lipinski definition) is 1. The minimum Gasteiger partial charge on any atom is -0.444 e. The van der Waals surface area contributed by atoms with E-state index in [1.807, 2.05) is 20.8 Å². The van der Waals surface area contributed by atoms with Crippen LogP contribution in [0.1, 0.15) is 27.2 Å². The summed E-state index contributed by atoms with van der Waals surface area (Å²) in [6.07, 6.45) is 0.641. The van der Waals surface area contributed by atoms with Gasteiger partial charge in [0.05, 0.1) is 26.8 Å². The lowest BCUT2D eigenvalue weighted by molar-refractivity contribution is -0.916. The van der Waals surface area contributed by atoms with Crippen molar-refractivity contribution in [2.45, 2.75) is 32.8 Å². The fraction of sp³-hybridized carbons (Fsp3) is 0.923. The zero-order valence-corrected chi connectivity index (χ0v) is 12.1. The summed E-state index contributed by atoms with van der Waals surface area (Å²) in [4.78, 5) is 11.4. The third kappa shape index (κ3) is 6.21. The van der Waals surface area contributed by atoms with Crippen molar-refractivity contribution in [3.63, 3.8) is 0 Å². The summed E-state index contributed by atoms with van der Waals surface area (Å²) in [5.74, 6) is 0. The van der Waals surface area contributed by atoms with Gasteiger partial charge in [-0.2, -0.15) is 0 Å². The molecule has 106 valence electrons. The first-order chi connectivity index (χ1) is 8.31. The quantitative estimate of drug-likeness (QED) is 0.613. The Bertz CT molecular complexity index is 268. The molecule has 0 aromatic rings. The average Bonchev–Trinajstić information content (AvgIpc) is 2.23. The molecule has 0 spiro atoms. The smallest absolute Gasteiger partial charge is 0.407 e. The lowest BCUT2D eigenvalue weighted by atomic mass is 10.2. The Morgan fingerprint density at radius 3 is 2.50 bits per heavy atom. The van der Waals surface area contributed by atoms with E-state index in [4.69, 9.17) is 9.47 Å². The molecule has 5 nitrogen and oxygen atoms in total. The van der Waals surface area contributed by atoms with E-state index in [1.54, 1.807) is 0 Å². The van der Waals surface area contributed by atoms with Gasteiger partial charge in [0.15, 0.2) is 0 Å². The fourth-order valence-corrected chi connectivity index (χ4v) is 1.97. The number of hydrogen-bond acceptors (Lipinski definition) is 3. The summed E-state index contributed by atoms with van der Waals surface area (Å²) in [5, 5.41) is 2.79. The van der Waals surface area contributed by atoms with Gasteiger partial charge in [-0.3, -0.25) is 0 Å². The lowest BCUT2D eigenvalue weighted by Gasteiger charge is -2.37. The number of quaternary nitrogens is 1. The largest absolute Gasteiger partial charge is 0.444 e. The van der Waals surface area contributed by atoms with Crippen LogP contribution in [0.15, 0.2) is 0 Å². The van der Waals surface area contributed by atoms with Crippen molar-refractivity contribution in [1.82, 2.24) is 5.32 Å². The standard InChI is InChI=1S/C13H26N2O3/c1-13(2,3)18-12(16)14-6-5-7-15(4)8-10-17-11-9-15/h5-11H2,1-4H3/p+1. The number of alkyl carbamates (subject to hydrolysis) is 1. The van der Waals surface area contributed by atoms with E-state index in [1.165, 1.54) is 0 Å². The summed E-state index contributed by atoms with van der Waals surface area (Å²) in [5.41, 5.74) is -0.424. The molecule has 1 amide bonds. The van der Waals surface area contributed by atoms with Crippen LogP contribution in [-0.4, -0.2) is 62.6 Å². The minimum atomic E-state index is -0.424. The van der Waals surface area contributed by atoms with Gasteiger partial charge in [0.2, 0.25) is 0 Å². The summed E-state index contributed by atoms with van der Waals surface area (Å²) < 4.78 is 11.6. The van der Waals surface area contributed by atoms with Gasteiger partial charge >= 0.3 is 6.09 Å². The highest BCUT2D eigenvalue weighted by Gasteiger charge is 2.24. The number of morpholine rings is 1. The Labute approximate surface area is 110 Å². The van der Waals surface area contributed by atoms with E-state index < -0.39 is 5.60 Å². The number of amides is 1. The van der Waals surface area contributed by atoms with E-state index in [-0.39, 0.29) is 6.09 Å². The molecule has 0 aromatic heterocycles. The highest BCUT2D eigenvalue weighted by atomic mass is 16.6. The van der Waals surface area contributed by atoms with Crippen LogP contribution in [0.4, 0.5) is 4.79 Å². The molecule has 1 aliphatic heterocycles. The van der Waals surface area contributed by atoms with Crippen molar-refractivity contribution in [2.75, 3.05) is 46.4 Å². The molecule has 1 saturated heterocycles. The first-order valence-electron chi connectivity index (χ1n) is 6.69. The predicted molar refractivity (Wildman–Crippen MR) is 70.5 cm³/mol. The fourth-order valence-electron chi connectivity index (χ4n) is 1.97. The summed E-state index contributed by atoms with van der Waals surface area (Å²) in [7, 11) is 2.25. The second-order valence-electron chi connectivity index (χ2n) is 6.18. The Balaban J connectivity index is 2.12. The molecule has 18 heavy (non-hydrogen) atoms. The number of likely N-dealkylation sites (N-methyl/N-ethyl adjacent to an activating group) is 1. The first-order valence-corrected chi connectivity index (χ1v) is 6.69. The third-order valence-electron chi connectivity index (χ3n) is 3.09. The number of rotatable bonds is 4. The molecule has 0 aromatic carbocycles. The molecular weight excluding hydrogens is 232 g/mol. The summed E-state index contributed by atoms with van der Waals surface area (Å²) >= 11 is 0. The van der Waals surface area contributed by atoms with Crippen molar-refractivity contribution in [2.24, 2.45) is 0 Å². The molecule has 0 saturated carbocycles. The van der Waals surface area contributed by atoms with Crippen molar-refractivity contribution in [3.05, 3.63) is 0 Å². The minimum absolute atomic E-state index is 0.327. The van der Waals surface area contributed by atoms with Crippen molar-refractivity contribution >= 4 is 6.09 Å². The first kappa shape index (κ1) is 15.2. The normalized spacial score (nSPS) is 19.3.